The van der Waals surface area contributed by atoms with E-state index < -0.39 is 48.4 Å². The molecule has 0 aliphatic carbocycles. The zero-order valence-electron chi connectivity index (χ0n) is 27.2. The molecule has 0 amide bonds. The Balaban J connectivity index is 1.53. The van der Waals surface area contributed by atoms with Crippen LogP contribution in [-0.4, -0.2) is 63.3 Å². The van der Waals surface area contributed by atoms with E-state index in [4.69, 9.17) is 33.2 Å². The van der Waals surface area contributed by atoms with Crippen LogP contribution in [0.3, 0.4) is 0 Å². The molecule has 0 unspecified atom stereocenters. The molecule has 48 heavy (non-hydrogen) atoms. The quantitative estimate of drug-likeness (QED) is 0.112. The second-order valence-corrected chi connectivity index (χ2v) is 11.4. The standard InChI is InChI=1S/C39H42O9/c1-42-38(40)33(39(41)43-2)35-37(47-26-31-21-13-6-14-22-31)36(46-25-30-19-11-5-12-20-30)34(45-24-29-17-9-4-10-18-29)32(48-35)27-44-23-28-15-7-3-8-16-28/h3-22,32-37H,23-27H2,1-2H3/t32-,34-,35-,36+,37+/m1/s1. The van der Waals surface area contributed by atoms with Gasteiger partial charge in [-0.1, -0.05) is 121 Å². The normalized spacial score (nSPS) is 20.7. The Kier molecular flexibility index (Phi) is 13.3. The lowest BCUT2D eigenvalue weighted by Crippen LogP contribution is -2.64. The molecule has 0 bridgehead atoms. The van der Waals surface area contributed by atoms with Crippen molar-refractivity contribution in [3.05, 3.63) is 144 Å². The maximum absolute atomic E-state index is 13.3. The van der Waals surface area contributed by atoms with E-state index in [9.17, 15) is 9.59 Å². The van der Waals surface area contributed by atoms with Gasteiger partial charge in [-0.15, -0.1) is 0 Å². The summed E-state index contributed by atoms with van der Waals surface area (Å²) in [7, 11) is 2.44. The Morgan fingerprint density at radius 1 is 0.542 bits per heavy atom. The highest BCUT2D eigenvalue weighted by Crippen LogP contribution is 2.35. The number of rotatable bonds is 16. The van der Waals surface area contributed by atoms with Gasteiger partial charge in [0.1, 0.15) is 30.5 Å². The van der Waals surface area contributed by atoms with Crippen molar-refractivity contribution >= 4 is 11.9 Å². The molecule has 0 radical (unpaired) electrons. The molecule has 0 spiro atoms. The smallest absolute Gasteiger partial charge is 0.322 e. The number of benzene rings is 4. The van der Waals surface area contributed by atoms with E-state index in [1.165, 1.54) is 14.2 Å². The van der Waals surface area contributed by atoms with Crippen molar-refractivity contribution in [2.24, 2.45) is 5.92 Å². The molecule has 9 heteroatoms. The summed E-state index contributed by atoms with van der Waals surface area (Å²) < 4.78 is 42.9. The summed E-state index contributed by atoms with van der Waals surface area (Å²) in [6.07, 6.45) is -4.41. The van der Waals surface area contributed by atoms with Crippen LogP contribution in [0, 0.1) is 5.92 Å². The molecule has 1 aliphatic heterocycles. The molecule has 5 atom stereocenters. The number of hydrogen-bond acceptors (Lipinski definition) is 9. The number of carbonyl (C=O) groups is 2. The van der Waals surface area contributed by atoms with Gasteiger partial charge in [0.25, 0.3) is 0 Å². The Bertz CT molecular complexity index is 1500. The Hall–Kier alpha value is -4.38. The van der Waals surface area contributed by atoms with Crippen LogP contribution in [0.25, 0.3) is 0 Å². The second kappa shape index (κ2) is 18.2. The van der Waals surface area contributed by atoms with Crippen LogP contribution < -0.4 is 0 Å². The highest BCUT2D eigenvalue weighted by atomic mass is 16.6. The van der Waals surface area contributed by atoms with Gasteiger partial charge in [-0.25, -0.2) is 0 Å². The fourth-order valence-electron chi connectivity index (χ4n) is 5.71. The van der Waals surface area contributed by atoms with E-state index in [1.54, 1.807) is 0 Å². The van der Waals surface area contributed by atoms with Crippen LogP contribution in [0.2, 0.25) is 0 Å². The first-order valence-corrected chi connectivity index (χ1v) is 16.0. The summed E-state index contributed by atoms with van der Waals surface area (Å²) in [6.45, 7) is 1.02. The second-order valence-electron chi connectivity index (χ2n) is 11.4. The van der Waals surface area contributed by atoms with Crippen molar-refractivity contribution < 1.29 is 42.7 Å². The minimum absolute atomic E-state index is 0.0799. The zero-order chi connectivity index (χ0) is 33.6. The average Bonchev–Trinajstić information content (AvgIpc) is 3.14. The molecule has 1 heterocycles. The molecule has 1 aliphatic rings. The van der Waals surface area contributed by atoms with E-state index in [0.29, 0.717) is 6.61 Å². The van der Waals surface area contributed by atoms with Crippen molar-refractivity contribution in [2.45, 2.75) is 56.9 Å². The summed E-state index contributed by atoms with van der Waals surface area (Å²) in [5.74, 6) is -3.08. The van der Waals surface area contributed by atoms with E-state index in [2.05, 4.69) is 0 Å². The molecule has 0 N–H and O–H groups in total. The predicted octanol–water partition coefficient (Wildman–Crippen LogP) is 5.69. The molecule has 1 fully saturated rings. The lowest BCUT2D eigenvalue weighted by atomic mass is 9.87. The number of carbonyl (C=O) groups excluding carboxylic acids is 2. The fraction of sp³-hybridized carbons (Fsp3) is 0.333. The SMILES string of the molecule is COC(=O)C(C(=O)OC)[C@H]1O[C@H](COCc2ccccc2)[C@@H](OCc2ccccc2)[C@H](OCc2ccccc2)[C@H]1OCc1ccccc1. The molecule has 0 aromatic heterocycles. The fourth-order valence-corrected chi connectivity index (χ4v) is 5.71. The van der Waals surface area contributed by atoms with Crippen LogP contribution in [0.4, 0.5) is 0 Å². The third kappa shape index (κ3) is 9.59. The van der Waals surface area contributed by atoms with E-state index in [0.717, 1.165) is 22.3 Å². The topological polar surface area (TPSA) is 98.8 Å². The average molecular weight is 655 g/mol. The molecular formula is C39H42O9. The first kappa shape index (κ1) is 34.9. The van der Waals surface area contributed by atoms with Gasteiger partial charge in [0.2, 0.25) is 0 Å². The van der Waals surface area contributed by atoms with Gasteiger partial charge in [0, 0.05) is 0 Å². The molecule has 4 aromatic rings. The largest absolute Gasteiger partial charge is 0.468 e. The lowest BCUT2D eigenvalue weighted by molar-refractivity contribution is -0.281. The minimum atomic E-state index is -1.46. The number of methoxy groups -OCH3 is 2. The van der Waals surface area contributed by atoms with Crippen molar-refractivity contribution in [3.8, 4) is 0 Å². The molecule has 4 aromatic carbocycles. The monoisotopic (exact) mass is 654 g/mol. The first-order valence-electron chi connectivity index (χ1n) is 16.0. The third-order valence-electron chi connectivity index (χ3n) is 8.16. The Labute approximate surface area is 281 Å². The predicted molar refractivity (Wildman–Crippen MR) is 177 cm³/mol. The van der Waals surface area contributed by atoms with Gasteiger partial charge in [0.15, 0.2) is 5.92 Å². The summed E-state index contributed by atoms with van der Waals surface area (Å²) in [4.78, 5) is 26.5. The Morgan fingerprint density at radius 3 is 1.33 bits per heavy atom. The highest BCUT2D eigenvalue weighted by Gasteiger charge is 2.54. The molecular weight excluding hydrogens is 612 g/mol. The Morgan fingerprint density at radius 2 is 0.917 bits per heavy atom. The summed E-state index contributed by atoms with van der Waals surface area (Å²) in [6, 6.07) is 38.9. The summed E-state index contributed by atoms with van der Waals surface area (Å²) in [5, 5.41) is 0. The highest BCUT2D eigenvalue weighted by molar-refractivity contribution is 5.95. The third-order valence-corrected chi connectivity index (χ3v) is 8.16. The van der Waals surface area contributed by atoms with Gasteiger partial charge in [-0.2, -0.15) is 0 Å². The van der Waals surface area contributed by atoms with Crippen molar-refractivity contribution in [3.63, 3.8) is 0 Å². The maximum atomic E-state index is 13.3. The van der Waals surface area contributed by atoms with Crippen LogP contribution in [0.1, 0.15) is 22.3 Å². The van der Waals surface area contributed by atoms with Crippen LogP contribution >= 0.6 is 0 Å². The number of ether oxygens (including phenoxy) is 7. The van der Waals surface area contributed by atoms with E-state index in [-0.39, 0.29) is 26.4 Å². The van der Waals surface area contributed by atoms with Crippen LogP contribution in [0.5, 0.6) is 0 Å². The van der Waals surface area contributed by atoms with Gasteiger partial charge >= 0.3 is 11.9 Å². The number of hydrogen-bond donors (Lipinski definition) is 0. The summed E-state index contributed by atoms with van der Waals surface area (Å²) >= 11 is 0. The molecule has 9 nitrogen and oxygen atoms in total. The summed E-state index contributed by atoms with van der Waals surface area (Å²) in [5.41, 5.74) is 3.75. The van der Waals surface area contributed by atoms with Crippen LogP contribution in [0.15, 0.2) is 121 Å². The first-order chi connectivity index (χ1) is 23.6. The van der Waals surface area contributed by atoms with E-state index >= 15 is 0 Å². The van der Waals surface area contributed by atoms with Gasteiger partial charge in [-0.3, -0.25) is 9.59 Å². The van der Waals surface area contributed by atoms with Crippen molar-refractivity contribution in [2.75, 3.05) is 20.8 Å². The minimum Gasteiger partial charge on any atom is -0.468 e. The lowest BCUT2D eigenvalue weighted by Gasteiger charge is -2.47. The molecule has 0 saturated carbocycles. The van der Waals surface area contributed by atoms with Crippen LogP contribution in [-0.2, 0) is 69.2 Å². The van der Waals surface area contributed by atoms with Gasteiger partial charge in [-0.05, 0) is 22.3 Å². The van der Waals surface area contributed by atoms with E-state index in [1.807, 2.05) is 121 Å². The van der Waals surface area contributed by atoms with Crippen molar-refractivity contribution in [1.29, 1.82) is 0 Å². The zero-order valence-corrected chi connectivity index (χ0v) is 27.2. The molecule has 252 valence electrons. The van der Waals surface area contributed by atoms with Crippen molar-refractivity contribution in [1.82, 2.24) is 0 Å². The maximum Gasteiger partial charge on any atom is 0.322 e. The molecule has 5 rings (SSSR count). The van der Waals surface area contributed by atoms with Gasteiger partial charge in [0.05, 0.1) is 47.3 Å². The number of esters is 2. The van der Waals surface area contributed by atoms with Gasteiger partial charge < -0.3 is 33.2 Å². The molecule has 1 saturated heterocycles.